The summed E-state index contributed by atoms with van der Waals surface area (Å²) in [4.78, 5) is 0. The molecule has 1 nitrogen and oxygen atoms in total. The van der Waals surface area contributed by atoms with E-state index in [4.69, 9.17) is 4.74 Å². The number of hydrogen-bond acceptors (Lipinski definition) is 1. The van der Waals surface area contributed by atoms with Gasteiger partial charge in [-0.1, -0.05) is 24.3 Å². The van der Waals surface area contributed by atoms with Crippen molar-refractivity contribution < 1.29 is 17.9 Å². The van der Waals surface area contributed by atoms with E-state index in [1.165, 1.54) is 6.07 Å². The smallest absolute Gasteiger partial charge is 0.416 e. The highest BCUT2D eigenvalue weighted by atomic mass is 19.4. The van der Waals surface area contributed by atoms with E-state index in [0.29, 0.717) is 12.2 Å². The predicted octanol–water partition coefficient (Wildman–Crippen LogP) is 4.67. The maximum atomic E-state index is 12.6. The molecule has 4 heteroatoms. The summed E-state index contributed by atoms with van der Waals surface area (Å²) in [5.74, 6) is 0.287. The van der Waals surface area contributed by atoms with Gasteiger partial charge in [-0.15, -0.1) is 0 Å². The van der Waals surface area contributed by atoms with Crippen LogP contribution in [0.4, 0.5) is 13.2 Å². The van der Waals surface area contributed by atoms with Crippen molar-refractivity contribution in [1.82, 2.24) is 0 Å². The number of halogens is 3. The fraction of sp³-hybridized carbons (Fsp3) is 0.333. The lowest BCUT2D eigenvalue weighted by Gasteiger charge is -2.14. The van der Waals surface area contributed by atoms with Gasteiger partial charge in [0.25, 0.3) is 0 Å². The van der Waals surface area contributed by atoms with E-state index in [1.807, 2.05) is 18.2 Å². The van der Waals surface area contributed by atoms with Crippen molar-refractivity contribution in [2.45, 2.75) is 25.9 Å². The van der Waals surface area contributed by atoms with Crippen molar-refractivity contribution >= 4 is 0 Å². The minimum absolute atomic E-state index is 0.287. The summed E-state index contributed by atoms with van der Waals surface area (Å²) in [7, 11) is 0. The zero-order valence-corrected chi connectivity index (χ0v) is 10.6. The lowest BCUT2D eigenvalue weighted by atomic mass is 10.1. The van der Waals surface area contributed by atoms with Crippen LogP contribution in [-0.4, -0.2) is 6.61 Å². The highest BCUT2D eigenvalue weighted by molar-refractivity contribution is 5.38. The van der Waals surface area contributed by atoms with E-state index in [2.05, 4.69) is 0 Å². The minimum Gasteiger partial charge on any atom is -0.489 e. The van der Waals surface area contributed by atoms with Gasteiger partial charge in [0.1, 0.15) is 12.4 Å². The van der Waals surface area contributed by atoms with E-state index in [1.54, 1.807) is 6.92 Å². The Morgan fingerprint density at radius 3 is 2.63 bits per heavy atom. The molecule has 0 aliphatic heterocycles. The number of aryl methyl sites for hydroxylation is 1. The standard InChI is InChI=1S/C15H15F3O/c1-11-7-8-13(15(16,17)18)9-14(11)19-10-12-5-3-2-4-6-12/h3,5-9H,2,4,10H2,1H3. The second-order valence-electron chi connectivity index (χ2n) is 4.53. The molecule has 0 atom stereocenters. The Labute approximate surface area is 110 Å². The summed E-state index contributed by atoms with van der Waals surface area (Å²) in [6.45, 7) is 2.04. The molecule has 0 fully saturated rings. The van der Waals surface area contributed by atoms with Crippen molar-refractivity contribution in [3.63, 3.8) is 0 Å². The molecule has 0 bridgehead atoms. The van der Waals surface area contributed by atoms with Crippen molar-refractivity contribution in [1.29, 1.82) is 0 Å². The molecule has 0 radical (unpaired) electrons. The summed E-state index contributed by atoms with van der Waals surface area (Å²) in [5, 5.41) is 0. The Kier molecular flexibility index (Phi) is 3.98. The molecule has 19 heavy (non-hydrogen) atoms. The Bertz CT molecular complexity index is 513. The lowest BCUT2D eigenvalue weighted by Crippen LogP contribution is -2.07. The van der Waals surface area contributed by atoms with Crippen LogP contribution in [0, 0.1) is 6.92 Å². The van der Waals surface area contributed by atoms with Gasteiger partial charge in [-0.25, -0.2) is 0 Å². The minimum atomic E-state index is -4.34. The van der Waals surface area contributed by atoms with E-state index in [-0.39, 0.29) is 5.75 Å². The van der Waals surface area contributed by atoms with Crippen molar-refractivity contribution in [2.24, 2.45) is 0 Å². The van der Waals surface area contributed by atoms with Crippen LogP contribution in [0.1, 0.15) is 24.0 Å². The van der Waals surface area contributed by atoms with Gasteiger partial charge >= 0.3 is 6.18 Å². The van der Waals surface area contributed by atoms with Crippen molar-refractivity contribution in [2.75, 3.05) is 6.61 Å². The molecule has 0 spiro atoms. The Morgan fingerprint density at radius 1 is 1.21 bits per heavy atom. The van der Waals surface area contributed by atoms with Gasteiger partial charge in [0.05, 0.1) is 5.56 Å². The fourth-order valence-corrected chi connectivity index (χ4v) is 1.87. The first-order valence-corrected chi connectivity index (χ1v) is 6.13. The lowest BCUT2D eigenvalue weighted by molar-refractivity contribution is -0.137. The van der Waals surface area contributed by atoms with Crippen molar-refractivity contribution in [3.05, 3.63) is 53.1 Å². The predicted molar refractivity (Wildman–Crippen MR) is 68.1 cm³/mol. The van der Waals surface area contributed by atoms with Gasteiger partial charge in [0, 0.05) is 0 Å². The van der Waals surface area contributed by atoms with E-state index in [0.717, 1.165) is 30.5 Å². The monoisotopic (exact) mass is 268 g/mol. The summed E-state index contributed by atoms with van der Waals surface area (Å²) in [6.07, 6.45) is 3.66. The second-order valence-corrected chi connectivity index (χ2v) is 4.53. The average molecular weight is 268 g/mol. The van der Waals surface area contributed by atoms with Crippen LogP contribution >= 0.6 is 0 Å². The molecule has 102 valence electrons. The summed E-state index contributed by atoms with van der Waals surface area (Å²) in [5.41, 5.74) is 1.03. The Balaban J connectivity index is 2.11. The van der Waals surface area contributed by atoms with E-state index < -0.39 is 11.7 Å². The van der Waals surface area contributed by atoms with Crippen LogP contribution in [0.15, 0.2) is 42.0 Å². The summed E-state index contributed by atoms with van der Waals surface area (Å²) < 4.78 is 43.3. The van der Waals surface area contributed by atoms with Crippen molar-refractivity contribution in [3.8, 4) is 5.75 Å². The molecule has 0 unspecified atom stereocenters. The Hall–Kier alpha value is -1.71. The number of allylic oxidation sites excluding steroid dienone is 2. The van der Waals surface area contributed by atoms with E-state index >= 15 is 0 Å². The molecular weight excluding hydrogens is 253 g/mol. The number of hydrogen-bond donors (Lipinski definition) is 0. The van der Waals surface area contributed by atoms with E-state index in [9.17, 15) is 13.2 Å². The SMILES string of the molecule is Cc1ccc(C(F)(F)F)cc1OCC1=CCCC=C1. The quantitative estimate of drug-likeness (QED) is 0.774. The molecule has 2 rings (SSSR count). The van der Waals surface area contributed by atoms with Gasteiger partial charge in [-0.3, -0.25) is 0 Å². The molecule has 0 saturated carbocycles. The summed E-state index contributed by atoms with van der Waals surface area (Å²) in [6, 6.07) is 3.56. The van der Waals surface area contributed by atoms with Gasteiger partial charge in [0.15, 0.2) is 0 Å². The Morgan fingerprint density at radius 2 is 2.00 bits per heavy atom. The maximum Gasteiger partial charge on any atom is 0.416 e. The van der Waals surface area contributed by atoms with Gasteiger partial charge in [-0.05, 0) is 43.0 Å². The molecule has 1 aromatic rings. The van der Waals surface area contributed by atoms with Gasteiger partial charge < -0.3 is 4.74 Å². The molecule has 1 aromatic carbocycles. The molecule has 1 aliphatic carbocycles. The third-order valence-electron chi connectivity index (χ3n) is 2.98. The van der Waals surface area contributed by atoms with Gasteiger partial charge in [-0.2, -0.15) is 13.2 Å². The van der Waals surface area contributed by atoms with Crippen LogP contribution in [0.2, 0.25) is 0 Å². The third-order valence-corrected chi connectivity index (χ3v) is 2.98. The number of rotatable bonds is 3. The molecule has 0 saturated heterocycles. The maximum absolute atomic E-state index is 12.6. The van der Waals surface area contributed by atoms with Crippen LogP contribution in [0.5, 0.6) is 5.75 Å². The molecule has 0 amide bonds. The largest absolute Gasteiger partial charge is 0.489 e. The first kappa shape index (κ1) is 13.7. The molecule has 0 heterocycles. The zero-order chi connectivity index (χ0) is 13.9. The first-order chi connectivity index (χ1) is 8.97. The molecular formula is C15H15F3O. The summed E-state index contributed by atoms with van der Waals surface area (Å²) >= 11 is 0. The highest BCUT2D eigenvalue weighted by Crippen LogP contribution is 2.33. The number of benzene rings is 1. The topological polar surface area (TPSA) is 9.23 Å². The molecule has 0 aromatic heterocycles. The average Bonchev–Trinajstić information content (AvgIpc) is 2.37. The van der Waals surface area contributed by atoms with Crippen LogP contribution < -0.4 is 4.74 Å². The van der Waals surface area contributed by atoms with Crippen LogP contribution in [-0.2, 0) is 6.18 Å². The highest BCUT2D eigenvalue weighted by Gasteiger charge is 2.31. The number of alkyl halides is 3. The fourth-order valence-electron chi connectivity index (χ4n) is 1.87. The van der Waals surface area contributed by atoms with Gasteiger partial charge in [0.2, 0.25) is 0 Å². The second kappa shape index (κ2) is 5.51. The first-order valence-electron chi connectivity index (χ1n) is 6.13. The number of ether oxygens (including phenoxy) is 1. The van der Waals surface area contributed by atoms with Crippen LogP contribution in [0.3, 0.4) is 0 Å². The zero-order valence-electron chi connectivity index (χ0n) is 10.6. The normalized spacial score (nSPS) is 15.3. The molecule has 0 N–H and O–H groups in total. The van der Waals surface area contributed by atoms with Crippen LogP contribution in [0.25, 0.3) is 0 Å². The molecule has 1 aliphatic rings. The third kappa shape index (κ3) is 3.63.